The molecule has 0 spiro atoms. The average molecular weight is 649 g/mol. The van der Waals surface area contributed by atoms with Gasteiger partial charge in [0.2, 0.25) is 23.6 Å². The van der Waals surface area contributed by atoms with Gasteiger partial charge in [-0.1, -0.05) is 19.0 Å². The summed E-state index contributed by atoms with van der Waals surface area (Å²) in [7, 11) is 0. The largest absolute Gasteiger partial charge is 0.456 e. The number of ether oxygens (including phenoxy) is 3. The van der Waals surface area contributed by atoms with E-state index in [-0.39, 0.29) is 62.6 Å². The first-order chi connectivity index (χ1) is 21.8. The summed E-state index contributed by atoms with van der Waals surface area (Å²) in [5.74, 6) is -2.13. The molecule has 4 amide bonds. The number of esters is 1. The number of hydrogen-bond donors (Lipinski definition) is 3. The Labute approximate surface area is 267 Å². The van der Waals surface area contributed by atoms with Crippen molar-refractivity contribution >= 4 is 35.4 Å². The topological polar surface area (TPSA) is 202 Å². The number of Topliss-reactive ketones (excluding diaryl/α,β-unsaturated/α-hetero) is 1. The lowest BCUT2D eigenvalue weighted by Crippen LogP contribution is -2.51. The summed E-state index contributed by atoms with van der Waals surface area (Å²) >= 11 is 0. The van der Waals surface area contributed by atoms with Crippen molar-refractivity contribution in [2.75, 3.05) is 52.5 Å². The Balaban J connectivity index is 1.16. The van der Waals surface area contributed by atoms with Crippen molar-refractivity contribution in [3.8, 4) is 0 Å². The monoisotopic (exact) mass is 648 g/mol. The molecule has 1 aromatic rings. The van der Waals surface area contributed by atoms with Gasteiger partial charge in [0.05, 0.1) is 57.6 Å². The van der Waals surface area contributed by atoms with Gasteiger partial charge in [0.25, 0.3) is 0 Å². The molecule has 46 heavy (non-hydrogen) atoms. The molecular formula is C30H44N6O10. The fourth-order valence-corrected chi connectivity index (χ4v) is 5.36. The summed E-state index contributed by atoms with van der Waals surface area (Å²) in [4.78, 5) is 79.0. The predicted molar refractivity (Wildman–Crippen MR) is 159 cm³/mol. The maximum absolute atomic E-state index is 13.0. The van der Waals surface area contributed by atoms with Crippen LogP contribution < -0.4 is 16.0 Å². The maximum Gasteiger partial charge on any atom is 0.320 e. The molecule has 3 aliphatic rings. The molecule has 3 N–H and O–H groups in total. The van der Waals surface area contributed by atoms with Crippen molar-refractivity contribution in [1.82, 2.24) is 30.9 Å². The fraction of sp³-hybridized carbons (Fsp3) is 0.700. The van der Waals surface area contributed by atoms with Crippen molar-refractivity contribution in [3.63, 3.8) is 0 Å². The van der Waals surface area contributed by atoms with Crippen LogP contribution in [0.1, 0.15) is 52.0 Å². The van der Waals surface area contributed by atoms with Crippen LogP contribution >= 0.6 is 0 Å². The summed E-state index contributed by atoms with van der Waals surface area (Å²) in [6.07, 6.45) is 0.553. The van der Waals surface area contributed by atoms with Gasteiger partial charge in [-0.05, 0) is 32.6 Å². The second-order valence-electron chi connectivity index (χ2n) is 12.6. The number of hydrogen-bond acceptors (Lipinski definition) is 12. The van der Waals surface area contributed by atoms with Crippen LogP contribution in [0.25, 0.3) is 0 Å². The summed E-state index contributed by atoms with van der Waals surface area (Å²) in [6, 6.07) is -0.421. The van der Waals surface area contributed by atoms with Crippen molar-refractivity contribution in [2.45, 2.75) is 77.3 Å². The molecule has 0 aliphatic carbocycles. The predicted octanol–water partition coefficient (Wildman–Crippen LogP) is -1.30. The lowest BCUT2D eigenvalue weighted by atomic mass is 9.93. The van der Waals surface area contributed by atoms with Gasteiger partial charge in [0.1, 0.15) is 11.6 Å². The van der Waals surface area contributed by atoms with Crippen LogP contribution in [-0.2, 0) is 56.0 Å². The Morgan fingerprint density at radius 1 is 1.11 bits per heavy atom. The van der Waals surface area contributed by atoms with E-state index in [9.17, 15) is 28.8 Å². The van der Waals surface area contributed by atoms with Crippen LogP contribution in [0.5, 0.6) is 0 Å². The number of aromatic nitrogens is 1. The van der Waals surface area contributed by atoms with E-state index in [0.717, 1.165) is 0 Å². The molecule has 0 aromatic carbocycles. The van der Waals surface area contributed by atoms with Gasteiger partial charge in [-0.15, -0.1) is 0 Å². The number of nitrogens with zero attached hydrogens (tertiary/aromatic N) is 3. The SMILES string of the molecule is CC(C)C[C@H](NC(=O)CN1C(=O)[C@@H](NC(=O)CNC(=O)Cc2cc(COC(=O)CN3CCOCC3)on2)CC1C)C(=O)C1(C)CO1. The van der Waals surface area contributed by atoms with Gasteiger partial charge in [0, 0.05) is 25.2 Å². The Morgan fingerprint density at radius 2 is 1.83 bits per heavy atom. The van der Waals surface area contributed by atoms with Crippen molar-refractivity contribution < 1.29 is 47.5 Å². The van der Waals surface area contributed by atoms with Crippen LogP contribution in [0.4, 0.5) is 0 Å². The zero-order chi connectivity index (χ0) is 33.4. The van der Waals surface area contributed by atoms with Crippen LogP contribution in [0.15, 0.2) is 10.6 Å². The zero-order valence-electron chi connectivity index (χ0n) is 26.8. The summed E-state index contributed by atoms with van der Waals surface area (Å²) < 4.78 is 20.9. The van der Waals surface area contributed by atoms with E-state index in [1.54, 1.807) is 13.8 Å². The molecule has 16 heteroatoms. The molecule has 4 atom stereocenters. The van der Waals surface area contributed by atoms with E-state index in [4.69, 9.17) is 18.7 Å². The normalized spacial score (nSPS) is 23.6. The van der Waals surface area contributed by atoms with Gasteiger partial charge in [-0.3, -0.25) is 33.7 Å². The van der Waals surface area contributed by atoms with Crippen LogP contribution in [0, 0.1) is 5.92 Å². The Bertz CT molecular complexity index is 1290. The third-order valence-corrected chi connectivity index (χ3v) is 8.02. The molecule has 0 saturated carbocycles. The molecular weight excluding hydrogens is 604 g/mol. The molecule has 1 aromatic heterocycles. The molecule has 0 radical (unpaired) electrons. The zero-order valence-corrected chi connectivity index (χ0v) is 26.8. The minimum absolute atomic E-state index is 0.127. The highest BCUT2D eigenvalue weighted by Gasteiger charge is 2.50. The van der Waals surface area contributed by atoms with Crippen LogP contribution in [0.3, 0.4) is 0 Å². The quantitative estimate of drug-likeness (QED) is 0.142. The van der Waals surface area contributed by atoms with Crippen LogP contribution in [-0.4, -0.2) is 127 Å². The lowest BCUT2D eigenvalue weighted by molar-refractivity contribution is -0.148. The highest BCUT2D eigenvalue weighted by atomic mass is 16.6. The standard InChI is InChI=1S/C30H44N6O10/c1-18(2)9-22(28(41)30(4)17-45-30)32-26(39)14-36-19(3)10-23(29(36)42)33-25(38)13-31-24(37)12-20-11-21(46-34-20)16-44-27(40)15-35-5-7-43-8-6-35/h11,18-19,22-23H,5-10,12-17H2,1-4H3,(H,31,37)(H,32,39)(H,33,38)/t19?,22-,23-,30?/m0/s1. The smallest absolute Gasteiger partial charge is 0.320 e. The van der Waals surface area contributed by atoms with E-state index < -0.39 is 47.3 Å². The van der Waals surface area contributed by atoms with E-state index >= 15 is 0 Å². The number of likely N-dealkylation sites (tertiary alicyclic amines) is 1. The Hall–Kier alpha value is -3.89. The van der Waals surface area contributed by atoms with Gasteiger partial charge < -0.3 is 39.6 Å². The number of carbonyl (C=O) groups excluding carboxylic acids is 6. The minimum atomic E-state index is -0.883. The van der Waals surface area contributed by atoms with Gasteiger partial charge in [0.15, 0.2) is 18.2 Å². The molecule has 254 valence electrons. The van der Waals surface area contributed by atoms with E-state index in [1.807, 2.05) is 18.7 Å². The molecule has 16 nitrogen and oxygen atoms in total. The van der Waals surface area contributed by atoms with E-state index in [2.05, 4.69) is 21.1 Å². The summed E-state index contributed by atoms with van der Waals surface area (Å²) in [6.45, 7) is 9.51. The second kappa shape index (κ2) is 15.6. The molecule has 4 heterocycles. The van der Waals surface area contributed by atoms with E-state index in [0.29, 0.717) is 45.0 Å². The fourth-order valence-electron chi connectivity index (χ4n) is 5.36. The first kappa shape index (κ1) is 35.0. The van der Waals surface area contributed by atoms with Gasteiger partial charge in [-0.25, -0.2) is 0 Å². The first-order valence-corrected chi connectivity index (χ1v) is 15.6. The van der Waals surface area contributed by atoms with Crippen molar-refractivity contribution in [2.24, 2.45) is 5.92 Å². The third kappa shape index (κ3) is 10.1. The Morgan fingerprint density at radius 3 is 2.50 bits per heavy atom. The maximum atomic E-state index is 13.0. The highest BCUT2D eigenvalue weighted by Crippen LogP contribution is 2.29. The first-order valence-electron chi connectivity index (χ1n) is 15.6. The molecule has 3 saturated heterocycles. The van der Waals surface area contributed by atoms with Crippen LogP contribution in [0.2, 0.25) is 0 Å². The molecule has 2 unspecified atom stereocenters. The minimum Gasteiger partial charge on any atom is -0.456 e. The third-order valence-electron chi connectivity index (χ3n) is 8.02. The van der Waals surface area contributed by atoms with Crippen molar-refractivity contribution in [3.05, 3.63) is 17.5 Å². The highest BCUT2D eigenvalue weighted by molar-refractivity contribution is 5.98. The summed E-state index contributed by atoms with van der Waals surface area (Å²) in [5.41, 5.74) is -0.589. The van der Waals surface area contributed by atoms with Gasteiger partial charge >= 0.3 is 5.97 Å². The van der Waals surface area contributed by atoms with Gasteiger partial charge in [-0.2, -0.15) is 0 Å². The molecule has 4 rings (SSSR count). The molecule has 3 aliphatic heterocycles. The molecule has 3 fully saturated rings. The molecule has 0 bridgehead atoms. The summed E-state index contributed by atoms with van der Waals surface area (Å²) in [5, 5.41) is 11.7. The number of morpholine rings is 1. The Kier molecular flexibility index (Phi) is 11.9. The number of epoxide rings is 1. The van der Waals surface area contributed by atoms with Crippen molar-refractivity contribution in [1.29, 1.82) is 0 Å². The van der Waals surface area contributed by atoms with E-state index in [1.165, 1.54) is 11.0 Å². The number of ketones is 1. The number of carbonyl (C=O) groups is 6. The average Bonchev–Trinajstić information content (AvgIpc) is 3.51. The number of amides is 4. The second-order valence-corrected chi connectivity index (χ2v) is 12.6. The number of rotatable bonds is 16. The number of nitrogens with one attached hydrogen (secondary N) is 3. The lowest BCUT2D eigenvalue weighted by Gasteiger charge is -2.25.